The number of nitrogens with one attached hydrogen (secondary N) is 1. The van der Waals surface area contributed by atoms with Gasteiger partial charge < -0.3 is 5.32 Å². The van der Waals surface area contributed by atoms with E-state index in [4.69, 9.17) is 0 Å². The van der Waals surface area contributed by atoms with Crippen LogP contribution in [0.3, 0.4) is 0 Å². The molecule has 0 saturated heterocycles. The Balaban J connectivity index is 2.56. The molecule has 1 aromatic carbocycles. The minimum atomic E-state index is -0.0850. The third-order valence-electron chi connectivity index (χ3n) is 2.75. The molecule has 2 heteroatoms. The fourth-order valence-corrected chi connectivity index (χ4v) is 1.79. The minimum absolute atomic E-state index is 0.0850. The fraction of sp³-hybridized carbons (Fsp3) is 0.600. The van der Waals surface area contributed by atoms with Crippen LogP contribution in [0.15, 0.2) is 18.2 Å². The van der Waals surface area contributed by atoms with Crippen LogP contribution in [0.4, 0.5) is 4.39 Å². The van der Waals surface area contributed by atoms with Crippen molar-refractivity contribution in [2.45, 2.75) is 46.6 Å². The second kappa shape index (κ2) is 5.63. The van der Waals surface area contributed by atoms with Crippen LogP contribution < -0.4 is 5.32 Å². The number of halogens is 1. The molecule has 1 nitrogen and oxygen atoms in total. The number of benzene rings is 1. The van der Waals surface area contributed by atoms with Gasteiger partial charge in [0.25, 0.3) is 0 Å². The van der Waals surface area contributed by atoms with Gasteiger partial charge in [0.1, 0.15) is 5.82 Å². The average molecular weight is 237 g/mol. The standard InChI is InChI=1S/C15H24FN/c1-11-6-7-14(16)13(8-11)9-12(2)10-17-15(3,4)5/h6-8,12,17H,9-10H2,1-5H3. The van der Waals surface area contributed by atoms with Crippen molar-refractivity contribution in [1.29, 1.82) is 0 Å². The fourth-order valence-electron chi connectivity index (χ4n) is 1.79. The summed E-state index contributed by atoms with van der Waals surface area (Å²) in [6, 6.07) is 5.33. The van der Waals surface area contributed by atoms with E-state index in [0.717, 1.165) is 24.1 Å². The van der Waals surface area contributed by atoms with E-state index in [0.29, 0.717) is 5.92 Å². The van der Waals surface area contributed by atoms with E-state index in [-0.39, 0.29) is 11.4 Å². The Morgan fingerprint density at radius 2 is 1.94 bits per heavy atom. The zero-order chi connectivity index (χ0) is 13.1. The van der Waals surface area contributed by atoms with Crippen LogP contribution in [0, 0.1) is 18.7 Å². The van der Waals surface area contributed by atoms with Gasteiger partial charge >= 0.3 is 0 Å². The van der Waals surface area contributed by atoms with Crippen molar-refractivity contribution in [3.63, 3.8) is 0 Å². The maximum atomic E-state index is 13.6. The molecule has 0 heterocycles. The molecule has 1 rings (SSSR count). The average Bonchev–Trinajstić information content (AvgIpc) is 2.20. The quantitative estimate of drug-likeness (QED) is 0.842. The van der Waals surface area contributed by atoms with Crippen molar-refractivity contribution in [1.82, 2.24) is 5.32 Å². The minimum Gasteiger partial charge on any atom is -0.312 e. The van der Waals surface area contributed by atoms with Gasteiger partial charge in [-0.25, -0.2) is 4.39 Å². The van der Waals surface area contributed by atoms with E-state index in [9.17, 15) is 4.39 Å². The lowest BCUT2D eigenvalue weighted by atomic mass is 9.98. The molecule has 1 N–H and O–H groups in total. The summed E-state index contributed by atoms with van der Waals surface area (Å²) >= 11 is 0. The first-order valence-electron chi connectivity index (χ1n) is 6.28. The monoisotopic (exact) mass is 237 g/mol. The second-order valence-electron chi connectivity index (χ2n) is 6.04. The van der Waals surface area contributed by atoms with E-state index in [1.54, 1.807) is 6.07 Å². The van der Waals surface area contributed by atoms with E-state index in [1.807, 2.05) is 19.1 Å². The van der Waals surface area contributed by atoms with Crippen molar-refractivity contribution < 1.29 is 4.39 Å². The highest BCUT2D eigenvalue weighted by Gasteiger charge is 2.13. The molecule has 1 aromatic rings. The van der Waals surface area contributed by atoms with Crippen molar-refractivity contribution in [2.75, 3.05) is 6.54 Å². The van der Waals surface area contributed by atoms with Gasteiger partial charge in [-0.1, -0.05) is 24.6 Å². The second-order valence-corrected chi connectivity index (χ2v) is 6.04. The summed E-state index contributed by atoms with van der Waals surface area (Å²) in [6.07, 6.45) is 0.788. The predicted octanol–water partition coefficient (Wildman–Crippen LogP) is 3.70. The van der Waals surface area contributed by atoms with E-state index in [2.05, 4.69) is 33.0 Å². The molecule has 0 aliphatic rings. The number of rotatable bonds is 4. The molecule has 0 aromatic heterocycles. The first kappa shape index (κ1) is 14.2. The Morgan fingerprint density at radius 1 is 1.29 bits per heavy atom. The van der Waals surface area contributed by atoms with Gasteiger partial charge in [-0.2, -0.15) is 0 Å². The number of hydrogen-bond donors (Lipinski definition) is 1. The summed E-state index contributed by atoms with van der Waals surface area (Å²) in [6.45, 7) is 11.5. The molecule has 96 valence electrons. The van der Waals surface area contributed by atoms with E-state index >= 15 is 0 Å². The van der Waals surface area contributed by atoms with Gasteiger partial charge in [0.15, 0.2) is 0 Å². The summed E-state index contributed by atoms with van der Waals surface area (Å²) in [5.74, 6) is 0.351. The summed E-state index contributed by atoms with van der Waals surface area (Å²) in [5.41, 5.74) is 2.07. The third kappa shape index (κ3) is 5.31. The molecule has 0 aliphatic heterocycles. The Labute approximate surface area is 104 Å². The smallest absolute Gasteiger partial charge is 0.126 e. The first-order chi connectivity index (χ1) is 7.78. The maximum Gasteiger partial charge on any atom is 0.126 e. The predicted molar refractivity (Wildman–Crippen MR) is 71.8 cm³/mol. The largest absolute Gasteiger partial charge is 0.312 e. The highest BCUT2D eigenvalue weighted by atomic mass is 19.1. The Bertz CT molecular complexity index is 366. The lowest BCUT2D eigenvalue weighted by Crippen LogP contribution is -2.39. The van der Waals surface area contributed by atoms with Crippen LogP contribution in [-0.4, -0.2) is 12.1 Å². The van der Waals surface area contributed by atoms with Gasteiger partial charge in [0, 0.05) is 5.54 Å². The summed E-state index contributed by atoms with van der Waals surface area (Å²) < 4.78 is 13.6. The molecular formula is C15H24FN. The first-order valence-corrected chi connectivity index (χ1v) is 6.28. The molecular weight excluding hydrogens is 213 g/mol. The summed E-state index contributed by atoms with van der Waals surface area (Å²) in [7, 11) is 0. The molecule has 1 unspecified atom stereocenters. The normalized spacial score (nSPS) is 13.8. The lowest BCUT2D eigenvalue weighted by molar-refractivity contribution is 0.379. The Hall–Kier alpha value is -0.890. The van der Waals surface area contributed by atoms with Gasteiger partial charge in [-0.3, -0.25) is 0 Å². The van der Waals surface area contributed by atoms with Crippen molar-refractivity contribution in [3.8, 4) is 0 Å². The summed E-state index contributed by atoms with van der Waals surface area (Å²) in [4.78, 5) is 0. The maximum absolute atomic E-state index is 13.6. The van der Waals surface area contributed by atoms with Gasteiger partial charge in [0.2, 0.25) is 0 Å². The zero-order valence-electron chi connectivity index (χ0n) is 11.6. The number of hydrogen-bond acceptors (Lipinski definition) is 1. The molecule has 0 bridgehead atoms. The van der Waals surface area contributed by atoms with Crippen LogP contribution in [0.1, 0.15) is 38.8 Å². The van der Waals surface area contributed by atoms with Crippen LogP contribution >= 0.6 is 0 Å². The topological polar surface area (TPSA) is 12.0 Å². The van der Waals surface area contributed by atoms with Crippen molar-refractivity contribution in [3.05, 3.63) is 35.1 Å². The van der Waals surface area contributed by atoms with Crippen molar-refractivity contribution in [2.24, 2.45) is 5.92 Å². The van der Waals surface area contributed by atoms with Gasteiger partial charge in [0.05, 0.1) is 0 Å². The van der Waals surface area contributed by atoms with E-state index in [1.165, 1.54) is 0 Å². The highest BCUT2D eigenvalue weighted by molar-refractivity contribution is 5.24. The molecule has 17 heavy (non-hydrogen) atoms. The Morgan fingerprint density at radius 3 is 2.53 bits per heavy atom. The van der Waals surface area contributed by atoms with Crippen molar-refractivity contribution >= 4 is 0 Å². The van der Waals surface area contributed by atoms with Crippen LogP contribution in [-0.2, 0) is 6.42 Å². The molecule has 0 saturated carbocycles. The lowest BCUT2D eigenvalue weighted by Gasteiger charge is -2.23. The van der Waals surface area contributed by atoms with E-state index < -0.39 is 0 Å². The zero-order valence-corrected chi connectivity index (χ0v) is 11.6. The summed E-state index contributed by atoms with van der Waals surface area (Å²) in [5, 5.41) is 3.45. The molecule has 1 atom stereocenters. The molecule has 0 fully saturated rings. The van der Waals surface area contributed by atoms with Crippen LogP contribution in [0.2, 0.25) is 0 Å². The molecule has 0 aliphatic carbocycles. The molecule has 0 radical (unpaired) electrons. The molecule has 0 spiro atoms. The van der Waals surface area contributed by atoms with Crippen LogP contribution in [0.5, 0.6) is 0 Å². The Kier molecular flexibility index (Phi) is 4.70. The molecule has 0 amide bonds. The highest BCUT2D eigenvalue weighted by Crippen LogP contribution is 2.15. The van der Waals surface area contributed by atoms with Crippen LogP contribution in [0.25, 0.3) is 0 Å². The number of aryl methyl sites for hydroxylation is 1. The van der Waals surface area contributed by atoms with Gasteiger partial charge in [-0.15, -0.1) is 0 Å². The third-order valence-corrected chi connectivity index (χ3v) is 2.75. The SMILES string of the molecule is Cc1ccc(F)c(CC(C)CNC(C)(C)C)c1. The van der Waals surface area contributed by atoms with Gasteiger partial charge in [-0.05, 0) is 58.2 Å².